The van der Waals surface area contributed by atoms with Gasteiger partial charge in [0.05, 0.1) is 13.2 Å². The van der Waals surface area contributed by atoms with E-state index in [4.69, 9.17) is 4.74 Å². The van der Waals surface area contributed by atoms with Crippen LogP contribution in [0.15, 0.2) is 48.5 Å². The summed E-state index contributed by atoms with van der Waals surface area (Å²) >= 11 is 0. The second kappa shape index (κ2) is 5.87. The minimum absolute atomic E-state index is 0.0491. The van der Waals surface area contributed by atoms with Gasteiger partial charge in [-0.3, -0.25) is 4.79 Å². The Morgan fingerprint density at radius 3 is 2.83 bits per heavy atom. The second-order valence-electron chi connectivity index (χ2n) is 6.29. The molecule has 0 spiro atoms. The number of rotatable bonds is 3. The molecular formula is C20H18FNO2. The van der Waals surface area contributed by atoms with Crippen LogP contribution in [0, 0.1) is 5.82 Å². The van der Waals surface area contributed by atoms with Gasteiger partial charge in [0, 0.05) is 41.5 Å². The number of ether oxygens (including phenoxy) is 1. The third kappa shape index (κ3) is 2.43. The van der Waals surface area contributed by atoms with E-state index < -0.39 is 0 Å². The Morgan fingerprint density at radius 1 is 1.25 bits per heavy atom. The third-order valence-electron chi connectivity index (χ3n) is 4.82. The van der Waals surface area contributed by atoms with Gasteiger partial charge in [-0.25, -0.2) is 4.39 Å². The maximum Gasteiger partial charge on any atom is 0.163 e. The van der Waals surface area contributed by atoms with Crippen molar-refractivity contribution in [3.8, 4) is 0 Å². The lowest BCUT2D eigenvalue weighted by atomic mass is 9.89. The van der Waals surface area contributed by atoms with Crippen LogP contribution in [0.1, 0.15) is 34.0 Å². The van der Waals surface area contributed by atoms with Crippen LogP contribution in [-0.4, -0.2) is 17.0 Å². The van der Waals surface area contributed by atoms with Crippen LogP contribution >= 0.6 is 0 Å². The van der Waals surface area contributed by atoms with Gasteiger partial charge in [-0.2, -0.15) is 0 Å². The molecule has 0 amide bonds. The smallest absolute Gasteiger partial charge is 0.163 e. The zero-order chi connectivity index (χ0) is 16.7. The number of benzene rings is 2. The lowest BCUT2D eigenvalue weighted by Crippen LogP contribution is -2.20. The Morgan fingerprint density at radius 2 is 2.04 bits per heavy atom. The van der Waals surface area contributed by atoms with Gasteiger partial charge in [0.15, 0.2) is 5.78 Å². The molecule has 0 saturated heterocycles. The Bertz CT molecular complexity index is 914. The highest BCUT2D eigenvalue weighted by Crippen LogP contribution is 2.38. The summed E-state index contributed by atoms with van der Waals surface area (Å²) < 4.78 is 21.5. The van der Waals surface area contributed by atoms with Crippen molar-refractivity contribution in [3.05, 3.63) is 71.2 Å². The molecule has 4 rings (SSSR count). The molecule has 122 valence electrons. The van der Waals surface area contributed by atoms with Crippen molar-refractivity contribution in [3.63, 3.8) is 0 Å². The van der Waals surface area contributed by atoms with E-state index in [1.165, 1.54) is 6.07 Å². The van der Waals surface area contributed by atoms with Crippen molar-refractivity contribution in [1.29, 1.82) is 0 Å². The average molecular weight is 323 g/mol. The Hall–Kier alpha value is -2.46. The van der Waals surface area contributed by atoms with Crippen LogP contribution in [0.4, 0.5) is 4.39 Å². The molecular weight excluding hydrogens is 305 g/mol. The van der Waals surface area contributed by atoms with E-state index in [-0.39, 0.29) is 17.5 Å². The van der Waals surface area contributed by atoms with Crippen LogP contribution in [0.5, 0.6) is 0 Å². The summed E-state index contributed by atoms with van der Waals surface area (Å²) in [6.07, 6.45) is 0.368. The van der Waals surface area contributed by atoms with Crippen LogP contribution in [0.3, 0.4) is 0 Å². The van der Waals surface area contributed by atoms with Crippen LogP contribution in [-0.2, 0) is 18.4 Å². The standard InChI is InChI=1S/C20H18FNO2/c1-22-17-8-7-15(21)10-16(17)20-14(11-24-12-18(20)22)9-19(23)13-5-3-2-4-6-13/h2-8,10,14H,9,11-12H2,1H3. The maximum absolute atomic E-state index is 13.8. The molecule has 4 heteroatoms. The molecule has 0 radical (unpaired) electrons. The minimum atomic E-state index is -0.254. The summed E-state index contributed by atoms with van der Waals surface area (Å²) in [7, 11) is 1.96. The summed E-state index contributed by atoms with van der Waals surface area (Å²) in [5, 5.41) is 0.890. The number of fused-ring (bicyclic) bond motifs is 3. The molecule has 1 aliphatic rings. The first-order chi connectivity index (χ1) is 11.6. The van der Waals surface area contributed by atoms with Gasteiger partial charge in [-0.05, 0) is 23.8 Å². The van der Waals surface area contributed by atoms with E-state index in [9.17, 15) is 9.18 Å². The topological polar surface area (TPSA) is 31.2 Å². The first-order valence-electron chi connectivity index (χ1n) is 8.08. The van der Waals surface area contributed by atoms with E-state index in [0.717, 1.165) is 22.2 Å². The molecule has 0 saturated carbocycles. The predicted molar refractivity (Wildman–Crippen MR) is 90.7 cm³/mol. The van der Waals surface area contributed by atoms with Gasteiger partial charge in [0.2, 0.25) is 0 Å². The molecule has 2 heterocycles. The lowest BCUT2D eigenvalue weighted by Gasteiger charge is -2.24. The second-order valence-corrected chi connectivity index (χ2v) is 6.29. The van der Waals surface area contributed by atoms with Crippen molar-refractivity contribution in [1.82, 2.24) is 4.57 Å². The first kappa shape index (κ1) is 15.1. The number of halogens is 1. The summed E-state index contributed by atoms with van der Waals surface area (Å²) in [5.41, 5.74) is 3.77. The zero-order valence-corrected chi connectivity index (χ0v) is 13.5. The van der Waals surface area contributed by atoms with Gasteiger partial charge in [-0.1, -0.05) is 30.3 Å². The van der Waals surface area contributed by atoms with Crippen molar-refractivity contribution in [2.45, 2.75) is 18.9 Å². The van der Waals surface area contributed by atoms with Gasteiger partial charge < -0.3 is 9.30 Å². The van der Waals surface area contributed by atoms with Gasteiger partial charge in [0.25, 0.3) is 0 Å². The van der Waals surface area contributed by atoms with E-state index in [1.807, 2.05) is 41.9 Å². The van der Waals surface area contributed by atoms with Crippen molar-refractivity contribution in [2.75, 3.05) is 6.61 Å². The predicted octanol–water partition coefficient (Wildman–Crippen LogP) is 4.20. The largest absolute Gasteiger partial charge is 0.375 e. The highest BCUT2D eigenvalue weighted by molar-refractivity contribution is 5.97. The normalized spacial score (nSPS) is 17.0. The number of carbonyl (C=O) groups excluding carboxylic acids is 1. The number of hydrogen-bond acceptors (Lipinski definition) is 2. The van der Waals surface area contributed by atoms with Crippen LogP contribution in [0.2, 0.25) is 0 Å². The first-order valence-corrected chi connectivity index (χ1v) is 8.08. The van der Waals surface area contributed by atoms with E-state index in [2.05, 4.69) is 0 Å². The lowest BCUT2D eigenvalue weighted by molar-refractivity contribution is 0.0764. The average Bonchev–Trinajstić information content (AvgIpc) is 2.89. The molecule has 0 fully saturated rings. The Labute approximate surface area is 139 Å². The van der Waals surface area contributed by atoms with Crippen LogP contribution < -0.4 is 0 Å². The number of ketones is 1. The molecule has 1 aliphatic heterocycles. The number of aromatic nitrogens is 1. The summed E-state index contributed by atoms with van der Waals surface area (Å²) in [4.78, 5) is 12.6. The molecule has 24 heavy (non-hydrogen) atoms. The van der Waals surface area contributed by atoms with Gasteiger partial charge in [-0.15, -0.1) is 0 Å². The van der Waals surface area contributed by atoms with Crippen LogP contribution in [0.25, 0.3) is 10.9 Å². The van der Waals surface area contributed by atoms with Crippen molar-refractivity contribution >= 4 is 16.7 Å². The molecule has 0 aliphatic carbocycles. The number of carbonyl (C=O) groups is 1. The maximum atomic E-state index is 13.8. The molecule has 3 nitrogen and oxygen atoms in total. The molecule has 2 aromatic carbocycles. The molecule has 1 aromatic heterocycles. The van der Waals surface area contributed by atoms with Crippen molar-refractivity contribution < 1.29 is 13.9 Å². The fraction of sp³-hybridized carbons (Fsp3) is 0.250. The minimum Gasteiger partial charge on any atom is -0.375 e. The number of Topliss-reactive ketones (excluding diaryl/α,β-unsaturated/α-hetero) is 1. The zero-order valence-electron chi connectivity index (χ0n) is 13.5. The monoisotopic (exact) mass is 323 g/mol. The molecule has 0 N–H and O–H groups in total. The Kier molecular flexibility index (Phi) is 3.69. The number of aryl methyl sites for hydroxylation is 1. The van der Waals surface area contributed by atoms with Crippen molar-refractivity contribution in [2.24, 2.45) is 7.05 Å². The van der Waals surface area contributed by atoms with E-state index >= 15 is 0 Å². The highest BCUT2D eigenvalue weighted by atomic mass is 19.1. The van der Waals surface area contributed by atoms with Gasteiger partial charge in [0.1, 0.15) is 5.82 Å². The molecule has 1 unspecified atom stereocenters. The third-order valence-corrected chi connectivity index (χ3v) is 4.82. The number of hydrogen-bond donors (Lipinski definition) is 0. The highest BCUT2D eigenvalue weighted by Gasteiger charge is 2.29. The van der Waals surface area contributed by atoms with E-state index in [0.29, 0.717) is 25.2 Å². The SMILES string of the molecule is Cn1c2c(c3cc(F)ccc31)C(CC(=O)c1ccccc1)COC2. The Balaban J connectivity index is 1.76. The van der Waals surface area contributed by atoms with Gasteiger partial charge >= 0.3 is 0 Å². The molecule has 1 atom stereocenters. The quantitative estimate of drug-likeness (QED) is 0.676. The summed E-state index contributed by atoms with van der Waals surface area (Å²) in [6.45, 7) is 0.985. The fourth-order valence-corrected chi connectivity index (χ4v) is 3.64. The fourth-order valence-electron chi connectivity index (χ4n) is 3.64. The molecule has 0 bridgehead atoms. The van der Waals surface area contributed by atoms with E-state index in [1.54, 1.807) is 12.1 Å². The molecule has 3 aromatic rings. The summed E-state index contributed by atoms with van der Waals surface area (Å²) in [6, 6.07) is 14.1. The number of nitrogens with zero attached hydrogens (tertiary/aromatic N) is 1. The summed E-state index contributed by atoms with van der Waals surface area (Å²) in [5.74, 6) is -0.215.